The number of nitrogens with one attached hydrogen (secondary N) is 2. The second-order valence-electron chi connectivity index (χ2n) is 5.66. The van der Waals surface area contributed by atoms with Crippen LogP contribution in [0.5, 0.6) is 0 Å². The van der Waals surface area contributed by atoms with Crippen molar-refractivity contribution in [2.75, 3.05) is 0 Å². The van der Waals surface area contributed by atoms with E-state index in [-0.39, 0.29) is 18.0 Å². The molecule has 0 saturated heterocycles. The first-order valence-corrected chi connectivity index (χ1v) is 8.17. The minimum atomic E-state index is -0.176. The van der Waals surface area contributed by atoms with Gasteiger partial charge in [0.2, 0.25) is 5.91 Å². The van der Waals surface area contributed by atoms with Crippen LogP contribution in [0.2, 0.25) is 0 Å². The van der Waals surface area contributed by atoms with E-state index in [0.717, 1.165) is 17.3 Å². The van der Waals surface area contributed by atoms with Gasteiger partial charge in [-0.2, -0.15) is 0 Å². The molecule has 20 heavy (non-hydrogen) atoms. The van der Waals surface area contributed by atoms with Gasteiger partial charge in [0, 0.05) is 16.6 Å². The Morgan fingerprint density at radius 2 is 2.00 bits per heavy atom. The van der Waals surface area contributed by atoms with Gasteiger partial charge in [-0.1, -0.05) is 40.9 Å². The molecule has 0 aliphatic heterocycles. The molecule has 110 valence electrons. The van der Waals surface area contributed by atoms with Crippen molar-refractivity contribution in [2.24, 2.45) is 0 Å². The summed E-state index contributed by atoms with van der Waals surface area (Å²) in [6.45, 7) is 4.01. The fourth-order valence-electron chi connectivity index (χ4n) is 2.72. The molecule has 0 heterocycles. The summed E-state index contributed by atoms with van der Waals surface area (Å²) in [7, 11) is 0. The third-order valence-corrected chi connectivity index (χ3v) is 4.44. The standard InChI is InChI=1S/C16H23BrN2O/c1-11(13-6-5-7-14(17)10-13)18-12(2)16(20)19-15-8-3-4-9-15/h5-7,10-12,15,18H,3-4,8-9H2,1-2H3,(H,19,20)/t11-,12?/m0/s1. The maximum absolute atomic E-state index is 12.1. The number of carbonyl (C=O) groups is 1. The molecule has 0 spiro atoms. The lowest BCUT2D eigenvalue weighted by Gasteiger charge is -2.22. The maximum atomic E-state index is 12.1. The molecule has 1 amide bonds. The molecule has 1 unspecified atom stereocenters. The molecular weight excluding hydrogens is 316 g/mol. The van der Waals surface area contributed by atoms with Gasteiger partial charge in [-0.25, -0.2) is 0 Å². The molecule has 1 saturated carbocycles. The van der Waals surface area contributed by atoms with E-state index in [4.69, 9.17) is 0 Å². The lowest BCUT2D eigenvalue weighted by atomic mass is 10.1. The monoisotopic (exact) mass is 338 g/mol. The van der Waals surface area contributed by atoms with Crippen molar-refractivity contribution >= 4 is 21.8 Å². The van der Waals surface area contributed by atoms with Gasteiger partial charge < -0.3 is 5.32 Å². The van der Waals surface area contributed by atoms with Crippen LogP contribution in [0.3, 0.4) is 0 Å². The number of hydrogen-bond acceptors (Lipinski definition) is 2. The maximum Gasteiger partial charge on any atom is 0.237 e. The molecular formula is C16H23BrN2O. The highest BCUT2D eigenvalue weighted by molar-refractivity contribution is 9.10. The lowest BCUT2D eigenvalue weighted by molar-refractivity contribution is -0.123. The minimum Gasteiger partial charge on any atom is -0.352 e. The van der Waals surface area contributed by atoms with Crippen molar-refractivity contribution in [3.8, 4) is 0 Å². The third-order valence-electron chi connectivity index (χ3n) is 3.94. The van der Waals surface area contributed by atoms with Gasteiger partial charge in [-0.15, -0.1) is 0 Å². The van der Waals surface area contributed by atoms with Crippen LogP contribution in [0, 0.1) is 0 Å². The summed E-state index contributed by atoms with van der Waals surface area (Å²) in [6.07, 6.45) is 4.72. The van der Waals surface area contributed by atoms with Gasteiger partial charge >= 0.3 is 0 Å². The molecule has 4 heteroatoms. The van der Waals surface area contributed by atoms with Crippen LogP contribution >= 0.6 is 15.9 Å². The normalized spacial score (nSPS) is 18.8. The Bertz CT molecular complexity index is 458. The van der Waals surface area contributed by atoms with Crippen LogP contribution in [0.15, 0.2) is 28.7 Å². The number of carbonyl (C=O) groups excluding carboxylic acids is 1. The number of benzene rings is 1. The number of halogens is 1. The van der Waals surface area contributed by atoms with Crippen molar-refractivity contribution in [1.29, 1.82) is 0 Å². The SMILES string of the molecule is CC(N[C@@H](C)c1cccc(Br)c1)C(=O)NC1CCCC1. The van der Waals surface area contributed by atoms with E-state index < -0.39 is 0 Å². The Kier molecular flexibility index (Phi) is 5.61. The molecule has 3 nitrogen and oxygen atoms in total. The molecule has 2 rings (SSSR count). The summed E-state index contributed by atoms with van der Waals surface area (Å²) in [6, 6.07) is 8.53. The Labute approximate surface area is 129 Å². The highest BCUT2D eigenvalue weighted by atomic mass is 79.9. The molecule has 2 atom stereocenters. The van der Waals surface area contributed by atoms with Crippen LogP contribution in [-0.4, -0.2) is 18.0 Å². The first-order valence-electron chi connectivity index (χ1n) is 7.38. The van der Waals surface area contributed by atoms with Gasteiger partial charge in [0.15, 0.2) is 0 Å². The Morgan fingerprint density at radius 1 is 1.30 bits per heavy atom. The Morgan fingerprint density at radius 3 is 2.65 bits per heavy atom. The van der Waals surface area contributed by atoms with Crippen LogP contribution in [0.25, 0.3) is 0 Å². The van der Waals surface area contributed by atoms with Gasteiger partial charge in [0.1, 0.15) is 0 Å². The minimum absolute atomic E-state index is 0.110. The number of amides is 1. The van der Waals surface area contributed by atoms with E-state index in [1.165, 1.54) is 18.4 Å². The zero-order valence-electron chi connectivity index (χ0n) is 12.2. The summed E-state index contributed by atoms with van der Waals surface area (Å²) in [5, 5.41) is 6.50. The Hall–Kier alpha value is -0.870. The van der Waals surface area contributed by atoms with Crippen molar-refractivity contribution in [2.45, 2.75) is 57.7 Å². The average molecular weight is 339 g/mol. The second-order valence-corrected chi connectivity index (χ2v) is 6.57. The fraction of sp³-hybridized carbons (Fsp3) is 0.562. The smallest absolute Gasteiger partial charge is 0.237 e. The molecule has 1 aliphatic rings. The summed E-state index contributed by atoms with van der Waals surface area (Å²) in [5.41, 5.74) is 1.18. The molecule has 0 bridgehead atoms. The van der Waals surface area contributed by atoms with E-state index in [0.29, 0.717) is 6.04 Å². The predicted molar refractivity (Wildman–Crippen MR) is 85.6 cm³/mol. The van der Waals surface area contributed by atoms with Crippen LogP contribution in [0.1, 0.15) is 51.1 Å². The summed E-state index contributed by atoms with van der Waals surface area (Å²) < 4.78 is 1.06. The number of hydrogen-bond donors (Lipinski definition) is 2. The topological polar surface area (TPSA) is 41.1 Å². The van der Waals surface area contributed by atoms with Crippen molar-refractivity contribution in [3.63, 3.8) is 0 Å². The van der Waals surface area contributed by atoms with E-state index in [2.05, 4.69) is 45.6 Å². The summed E-state index contributed by atoms with van der Waals surface area (Å²) >= 11 is 3.48. The zero-order valence-corrected chi connectivity index (χ0v) is 13.7. The third kappa shape index (κ3) is 4.32. The van der Waals surface area contributed by atoms with Gasteiger partial charge in [-0.05, 0) is 44.4 Å². The van der Waals surface area contributed by atoms with Crippen molar-refractivity contribution in [3.05, 3.63) is 34.3 Å². The first-order chi connectivity index (χ1) is 9.56. The average Bonchev–Trinajstić information content (AvgIpc) is 2.91. The van der Waals surface area contributed by atoms with Crippen LogP contribution in [0.4, 0.5) is 0 Å². The van der Waals surface area contributed by atoms with Gasteiger partial charge in [-0.3, -0.25) is 10.1 Å². The van der Waals surface area contributed by atoms with Gasteiger partial charge in [0.05, 0.1) is 6.04 Å². The molecule has 2 N–H and O–H groups in total. The van der Waals surface area contributed by atoms with Gasteiger partial charge in [0.25, 0.3) is 0 Å². The largest absolute Gasteiger partial charge is 0.352 e. The molecule has 1 aromatic carbocycles. The molecule has 1 aromatic rings. The van der Waals surface area contributed by atoms with Crippen LogP contribution < -0.4 is 10.6 Å². The molecule has 0 radical (unpaired) electrons. The van der Waals surface area contributed by atoms with E-state index >= 15 is 0 Å². The second kappa shape index (κ2) is 7.23. The summed E-state index contributed by atoms with van der Waals surface area (Å²) in [5.74, 6) is 0.110. The quantitative estimate of drug-likeness (QED) is 0.861. The molecule has 1 aliphatic carbocycles. The highest BCUT2D eigenvalue weighted by Gasteiger charge is 2.21. The summed E-state index contributed by atoms with van der Waals surface area (Å²) in [4.78, 5) is 12.1. The molecule has 0 aromatic heterocycles. The van der Waals surface area contributed by atoms with E-state index in [1.807, 2.05) is 19.1 Å². The predicted octanol–water partition coefficient (Wildman–Crippen LogP) is 3.55. The highest BCUT2D eigenvalue weighted by Crippen LogP contribution is 2.19. The molecule has 1 fully saturated rings. The lowest BCUT2D eigenvalue weighted by Crippen LogP contribution is -2.46. The van der Waals surface area contributed by atoms with Crippen LogP contribution in [-0.2, 0) is 4.79 Å². The first kappa shape index (κ1) is 15.5. The number of rotatable bonds is 5. The fourth-order valence-corrected chi connectivity index (χ4v) is 3.14. The zero-order chi connectivity index (χ0) is 14.5. The van der Waals surface area contributed by atoms with E-state index in [9.17, 15) is 4.79 Å². The van der Waals surface area contributed by atoms with Crippen molar-refractivity contribution in [1.82, 2.24) is 10.6 Å². The Balaban J connectivity index is 1.86. The van der Waals surface area contributed by atoms with E-state index in [1.54, 1.807) is 0 Å². The van der Waals surface area contributed by atoms with Crippen molar-refractivity contribution < 1.29 is 4.79 Å².